The van der Waals surface area contributed by atoms with Crippen LogP contribution in [-0.4, -0.2) is 31.7 Å². The Labute approximate surface area is 162 Å². The Morgan fingerprint density at radius 1 is 1.19 bits per heavy atom. The number of urea groups is 1. The molecule has 3 aromatic rings. The molecule has 142 valence electrons. The van der Waals surface area contributed by atoms with Crippen molar-refractivity contribution < 1.29 is 18.7 Å². The topological polar surface area (TPSA) is 63.9 Å². The molecule has 0 saturated heterocycles. The molecule has 0 bridgehead atoms. The summed E-state index contributed by atoms with van der Waals surface area (Å²) in [6.07, 6.45) is 4.06. The van der Waals surface area contributed by atoms with Gasteiger partial charge in [-0.15, -0.1) is 11.3 Å². The maximum atomic E-state index is 12.9. The van der Waals surface area contributed by atoms with E-state index >= 15 is 0 Å². The van der Waals surface area contributed by atoms with Crippen molar-refractivity contribution in [3.63, 3.8) is 0 Å². The molecule has 6 nitrogen and oxygen atoms in total. The van der Waals surface area contributed by atoms with E-state index in [0.29, 0.717) is 30.3 Å². The van der Waals surface area contributed by atoms with Crippen LogP contribution in [0.3, 0.4) is 0 Å². The van der Waals surface area contributed by atoms with Crippen LogP contribution in [0.15, 0.2) is 58.7 Å². The number of carbonyl (C=O) groups is 1. The number of thiophene rings is 1. The van der Waals surface area contributed by atoms with Crippen molar-refractivity contribution in [3.8, 4) is 11.5 Å². The second kappa shape index (κ2) is 9.14. The number of rotatable bonds is 8. The molecule has 0 atom stereocenters. The van der Waals surface area contributed by atoms with Gasteiger partial charge in [-0.05, 0) is 23.9 Å². The summed E-state index contributed by atoms with van der Waals surface area (Å²) < 4.78 is 15.7. The number of amides is 2. The number of nitrogens with zero attached hydrogens (tertiary/aromatic N) is 1. The van der Waals surface area contributed by atoms with E-state index in [0.717, 1.165) is 12.0 Å². The predicted molar refractivity (Wildman–Crippen MR) is 106 cm³/mol. The number of furan rings is 1. The third kappa shape index (κ3) is 5.27. The van der Waals surface area contributed by atoms with Gasteiger partial charge < -0.3 is 24.1 Å². The molecule has 0 spiro atoms. The van der Waals surface area contributed by atoms with E-state index in [1.165, 1.54) is 4.88 Å². The lowest BCUT2D eigenvalue weighted by atomic mass is 10.2. The highest BCUT2D eigenvalue weighted by Crippen LogP contribution is 2.26. The van der Waals surface area contributed by atoms with E-state index in [9.17, 15) is 4.79 Å². The Bertz CT molecular complexity index is 825. The largest absolute Gasteiger partial charge is 0.497 e. The maximum absolute atomic E-state index is 12.9. The van der Waals surface area contributed by atoms with Gasteiger partial charge in [0.05, 0.1) is 33.3 Å². The molecule has 0 saturated carbocycles. The van der Waals surface area contributed by atoms with Crippen molar-refractivity contribution in [2.24, 2.45) is 0 Å². The van der Waals surface area contributed by atoms with E-state index < -0.39 is 0 Å². The summed E-state index contributed by atoms with van der Waals surface area (Å²) in [4.78, 5) is 15.9. The number of carbonyl (C=O) groups excluding carboxylic acids is 1. The minimum absolute atomic E-state index is 0.192. The molecule has 2 heterocycles. The Morgan fingerprint density at radius 3 is 2.56 bits per heavy atom. The van der Waals surface area contributed by atoms with Gasteiger partial charge in [0.15, 0.2) is 0 Å². The number of methoxy groups -OCH3 is 2. The lowest BCUT2D eigenvalue weighted by molar-refractivity contribution is 0.210. The second-order valence-electron chi connectivity index (χ2n) is 5.91. The van der Waals surface area contributed by atoms with Crippen LogP contribution in [0.25, 0.3) is 0 Å². The van der Waals surface area contributed by atoms with Crippen LogP contribution in [0, 0.1) is 0 Å². The molecule has 7 heteroatoms. The summed E-state index contributed by atoms with van der Waals surface area (Å²) in [5.41, 5.74) is 1.56. The Balaban J connectivity index is 1.73. The maximum Gasteiger partial charge on any atom is 0.322 e. The van der Waals surface area contributed by atoms with Gasteiger partial charge in [0, 0.05) is 40.9 Å². The zero-order valence-corrected chi connectivity index (χ0v) is 16.1. The van der Waals surface area contributed by atoms with E-state index in [1.807, 2.05) is 17.5 Å². The molecule has 1 N–H and O–H groups in total. The minimum atomic E-state index is -0.192. The highest BCUT2D eigenvalue weighted by atomic mass is 32.1. The van der Waals surface area contributed by atoms with Gasteiger partial charge in [-0.2, -0.15) is 0 Å². The van der Waals surface area contributed by atoms with E-state index in [2.05, 4.69) is 11.4 Å². The summed E-state index contributed by atoms with van der Waals surface area (Å²) in [6, 6.07) is 11.0. The van der Waals surface area contributed by atoms with Crippen LogP contribution in [0.1, 0.15) is 10.4 Å². The van der Waals surface area contributed by atoms with Crippen LogP contribution < -0.4 is 14.8 Å². The standard InChI is InChI=1S/C20H22N2O4S/c1-24-17-10-16(11-18(12-17)25-2)21-20(23)22(13-15-6-8-26-14-15)7-5-19-4-3-9-27-19/h3-4,6,8-12,14H,5,7,13H2,1-2H3,(H,21,23). The summed E-state index contributed by atoms with van der Waals surface area (Å²) in [6.45, 7) is 1.06. The van der Waals surface area contributed by atoms with Crippen LogP contribution in [-0.2, 0) is 13.0 Å². The molecule has 2 aromatic heterocycles. The first-order valence-electron chi connectivity index (χ1n) is 8.50. The van der Waals surface area contributed by atoms with Gasteiger partial charge in [-0.1, -0.05) is 6.07 Å². The van der Waals surface area contributed by atoms with Gasteiger partial charge in [-0.25, -0.2) is 4.79 Å². The molecule has 27 heavy (non-hydrogen) atoms. The van der Waals surface area contributed by atoms with Gasteiger partial charge in [0.25, 0.3) is 0 Å². The van der Waals surface area contributed by atoms with Crippen LogP contribution in [0.4, 0.5) is 10.5 Å². The highest BCUT2D eigenvalue weighted by molar-refractivity contribution is 7.09. The number of benzene rings is 1. The summed E-state index contributed by atoms with van der Waals surface area (Å²) in [7, 11) is 3.15. The predicted octanol–water partition coefficient (Wildman–Crippen LogP) is 4.64. The first-order chi connectivity index (χ1) is 13.2. The summed E-state index contributed by atoms with van der Waals surface area (Å²) in [5, 5.41) is 4.97. The summed E-state index contributed by atoms with van der Waals surface area (Å²) in [5.74, 6) is 1.23. The van der Waals surface area contributed by atoms with Gasteiger partial charge in [0.1, 0.15) is 11.5 Å². The second-order valence-corrected chi connectivity index (χ2v) is 6.95. The quantitative estimate of drug-likeness (QED) is 0.613. The Morgan fingerprint density at radius 2 is 1.96 bits per heavy atom. The normalized spacial score (nSPS) is 10.4. The number of nitrogens with one attached hydrogen (secondary N) is 1. The van der Waals surface area contributed by atoms with Gasteiger partial charge in [0.2, 0.25) is 0 Å². The molecule has 0 radical (unpaired) electrons. The van der Waals surface area contributed by atoms with Crippen molar-refractivity contribution in [1.29, 1.82) is 0 Å². The van der Waals surface area contributed by atoms with Crippen LogP contribution in [0.2, 0.25) is 0 Å². The molecule has 0 aliphatic heterocycles. The Hall–Kier alpha value is -2.93. The molecule has 1 aromatic carbocycles. The van der Waals surface area contributed by atoms with Crippen molar-refractivity contribution in [2.75, 3.05) is 26.1 Å². The average molecular weight is 386 g/mol. The average Bonchev–Trinajstić information content (AvgIpc) is 3.38. The third-order valence-electron chi connectivity index (χ3n) is 4.05. The fourth-order valence-corrected chi connectivity index (χ4v) is 3.34. The number of hydrogen-bond acceptors (Lipinski definition) is 5. The van der Waals surface area contributed by atoms with E-state index in [-0.39, 0.29) is 6.03 Å². The van der Waals surface area contributed by atoms with E-state index in [1.54, 1.807) is 61.2 Å². The zero-order valence-electron chi connectivity index (χ0n) is 15.3. The first kappa shape index (κ1) is 18.8. The van der Waals surface area contributed by atoms with Crippen LogP contribution >= 0.6 is 11.3 Å². The zero-order chi connectivity index (χ0) is 19.1. The Kier molecular flexibility index (Phi) is 6.38. The number of ether oxygens (including phenoxy) is 2. The SMILES string of the molecule is COc1cc(NC(=O)N(CCc2cccs2)Cc2ccoc2)cc(OC)c1. The fourth-order valence-electron chi connectivity index (χ4n) is 2.64. The molecule has 2 amide bonds. The lowest BCUT2D eigenvalue weighted by Gasteiger charge is -2.22. The molecule has 0 unspecified atom stereocenters. The molecular formula is C20H22N2O4S. The lowest BCUT2D eigenvalue weighted by Crippen LogP contribution is -2.35. The van der Waals surface area contributed by atoms with Crippen molar-refractivity contribution in [2.45, 2.75) is 13.0 Å². The van der Waals surface area contributed by atoms with Crippen LogP contribution in [0.5, 0.6) is 11.5 Å². The van der Waals surface area contributed by atoms with Crippen molar-refractivity contribution >= 4 is 23.1 Å². The highest BCUT2D eigenvalue weighted by Gasteiger charge is 2.16. The van der Waals surface area contributed by atoms with Crippen molar-refractivity contribution in [1.82, 2.24) is 4.90 Å². The smallest absolute Gasteiger partial charge is 0.322 e. The monoisotopic (exact) mass is 386 g/mol. The minimum Gasteiger partial charge on any atom is -0.497 e. The molecule has 0 aliphatic carbocycles. The number of hydrogen-bond donors (Lipinski definition) is 1. The van der Waals surface area contributed by atoms with Gasteiger partial charge in [-0.3, -0.25) is 0 Å². The molecule has 0 aliphatic rings. The van der Waals surface area contributed by atoms with Crippen molar-refractivity contribution in [3.05, 3.63) is 64.7 Å². The fraction of sp³-hybridized carbons (Fsp3) is 0.250. The third-order valence-corrected chi connectivity index (χ3v) is 4.99. The van der Waals surface area contributed by atoms with E-state index in [4.69, 9.17) is 13.9 Å². The molecule has 0 fully saturated rings. The molecular weight excluding hydrogens is 364 g/mol. The molecule has 3 rings (SSSR count). The van der Waals surface area contributed by atoms with Gasteiger partial charge >= 0.3 is 6.03 Å². The summed E-state index contributed by atoms with van der Waals surface area (Å²) >= 11 is 1.69. The number of anilines is 1. The first-order valence-corrected chi connectivity index (χ1v) is 9.38.